The van der Waals surface area contributed by atoms with Crippen LogP contribution in [0.3, 0.4) is 0 Å². The number of rotatable bonds is 2. The maximum Gasteiger partial charge on any atom is 0.472 e. The molecule has 236 valence electrons. The monoisotopic (exact) mass is 655 g/mol. The van der Waals surface area contributed by atoms with E-state index in [1.165, 1.54) is 34.4 Å². The van der Waals surface area contributed by atoms with Gasteiger partial charge in [0.25, 0.3) is 5.56 Å². The highest BCUT2D eigenvalue weighted by molar-refractivity contribution is 7.52. The number of nitrogen functional groups attached to an aromatic ring is 1. The summed E-state index contributed by atoms with van der Waals surface area (Å²) in [6.07, 6.45) is -4.13. The van der Waals surface area contributed by atoms with Crippen LogP contribution in [0.2, 0.25) is 0 Å². The molecular formula is C22H27N9O11P2. The number of nitrogens with one attached hydrogen (secondary N) is 1. The van der Waals surface area contributed by atoms with E-state index in [0.29, 0.717) is 0 Å². The van der Waals surface area contributed by atoms with Gasteiger partial charge in [0.1, 0.15) is 30.2 Å². The van der Waals surface area contributed by atoms with Gasteiger partial charge in [0, 0.05) is 5.92 Å². The van der Waals surface area contributed by atoms with Gasteiger partial charge in [-0.2, -0.15) is 0 Å². The first kappa shape index (κ1) is 29.5. The number of phosphoric acid groups is 1. The van der Waals surface area contributed by atoms with Gasteiger partial charge in [-0.1, -0.05) is 0 Å². The Bertz CT molecular complexity index is 1880. The zero-order chi connectivity index (χ0) is 31.0. The van der Waals surface area contributed by atoms with Crippen LogP contribution in [0, 0.1) is 5.92 Å². The maximum absolute atomic E-state index is 13.4. The van der Waals surface area contributed by atoms with Crippen molar-refractivity contribution in [1.82, 2.24) is 39.0 Å². The van der Waals surface area contributed by atoms with E-state index in [0.717, 1.165) is 0 Å². The van der Waals surface area contributed by atoms with Crippen molar-refractivity contribution in [1.29, 1.82) is 0 Å². The lowest BCUT2D eigenvalue weighted by Crippen LogP contribution is -2.34. The second kappa shape index (κ2) is 10.7. The Morgan fingerprint density at radius 1 is 0.955 bits per heavy atom. The summed E-state index contributed by atoms with van der Waals surface area (Å²) in [4.78, 5) is 56.6. The van der Waals surface area contributed by atoms with Crippen LogP contribution in [-0.4, -0.2) is 102 Å². The van der Waals surface area contributed by atoms with E-state index in [2.05, 4.69) is 29.9 Å². The number of ether oxygens (including phenoxy) is 1. The highest BCUT2D eigenvalue weighted by atomic mass is 31.2. The van der Waals surface area contributed by atoms with E-state index in [-0.39, 0.29) is 41.0 Å². The lowest BCUT2D eigenvalue weighted by atomic mass is 10.1. The van der Waals surface area contributed by atoms with Gasteiger partial charge in [-0.15, -0.1) is 0 Å². The Hall–Kier alpha value is -3.16. The third-order valence-corrected chi connectivity index (χ3v) is 10.5. The molecule has 7 rings (SSSR count). The summed E-state index contributed by atoms with van der Waals surface area (Å²) >= 11 is 0. The number of fused-ring (bicyclic) bond motifs is 5. The summed E-state index contributed by atoms with van der Waals surface area (Å²) in [5.41, 5.74) is 5.93. The summed E-state index contributed by atoms with van der Waals surface area (Å²) in [5, 5.41) is 22.3. The number of H-pyrrole nitrogens is 1. The normalized spacial score (nSPS) is 38.3. The second-order valence-electron chi connectivity index (χ2n) is 10.8. The number of nitrogens with two attached hydrogens (primary N) is 1. The fourth-order valence-corrected chi connectivity index (χ4v) is 8.37. The van der Waals surface area contributed by atoms with Gasteiger partial charge in [0.05, 0.1) is 50.0 Å². The number of phosphoric ester groups is 1. The Labute approximate surface area is 246 Å². The first-order chi connectivity index (χ1) is 20.9. The molecule has 2 saturated heterocycles. The zero-order valence-corrected chi connectivity index (χ0v) is 24.3. The van der Waals surface area contributed by atoms with Gasteiger partial charge in [0.15, 0.2) is 28.9 Å². The van der Waals surface area contributed by atoms with Crippen LogP contribution in [0.1, 0.15) is 25.1 Å². The van der Waals surface area contributed by atoms with Gasteiger partial charge >= 0.3 is 15.4 Å². The van der Waals surface area contributed by atoms with E-state index in [9.17, 15) is 33.9 Å². The van der Waals surface area contributed by atoms with Crippen molar-refractivity contribution < 1.29 is 47.4 Å². The van der Waals surface area contributed by atoms with Gasteiger partial charge < -0.3 is 44.5 Å². The molecule has 1 saturated carbocycles. The van der Waals surface area contributed by atoms with Crippen LogP contribution in [0.5, 0.6) is 0 Å². The van der Waals surface area contributed by atoms with Crippen LogP contribution in [0.4, 0.5) is 5.82 Å². The van der Waals surface area contributed by atoms with E-state index in [1.54, 1.807) is 0 Å². The van der Waals surface area contributed by atoms with Gasteiger partial charge in [0.2, 0.25) is 0 Å². The predicted octanol–water partition coefficient (Wildman–Crippen LogP) is -0.802. The smallest absolute Gasteiger partial charge is 0.390 e. The number of nitrogens with zero attached hydrogens (tertiary/aromatic N) is 7. The number of anilines is 1. The van der Waals surface area contributed by atoms with E-state index >= 15 is 0 Å². The van der Waals surface area contributed by atoms with Gasteiger partial charge in [-0.05, 0) is 12.8 Å². The number of aromatic nitrogens is 8. The molecule has 4 aromatic rings. The van der Waals surface area contributed by atoms with E-state index in [1.807, 2.05) is 0 Å². The van der Waals surface area contributed by atoms with Crippen molar-refractivity contribution in [2.24, 2.45) is 5.92 Å². The van der Waals surface area contributed by atoms with Crippen LogP contribution in [0.25, 0.3) is 22.3 Å². The molecule has 3 aliphatic rings. The third kappa shape index (κ3) is 5.06. The molecule has 1 aliphatic carbocycles. The minimum atomic E-state index is -4.91. The molecule has 2 bridgehead atoms. The van der Waals surface area contributed by atoms with E-state index < -0.39 is 82.5 Å². The average Bonchev–Trinajstić information content (AvgIpc) is 3.73. The summed E-state index contributed by atoms with van der Waals surface area (Å²) in [7, 11) is -9.41. The molecule has 0 aromatic carbocycles. The number of aromatic amines is 1. The van der Waals surface area contributed by atoms with Gasteiger partial charge in [-0.25, -0.2) is 29.5 Å². The Morgan fingerprint density at radius 2 is 1.70 bits per heavy atom. The van der Waals surface area contributed by atoms with E-state index in [4.69, 9.17) is 24.0 Å². The average molecular weight is 655 g/mol. The minimum absolute atomic E-state index is 0.00707. The standard InChI is InChI=1S/C22H27N9O11P2/c23-18-12-19(25-5-24-18)31(8-28-12)22-15(33)17-11(40-22)1-2-43(35,36)41-16-10(3-9(14(16)32)4-39-44(37,38)42-17)30-7-29-13-20(30)26-6-27-21(13)34/h5-11,14-17,22,32-33H,1-4H2,(H,35,36)(H,37,38)(H2,23,24,25)(H,26,27,34)/t9-,10-,11-,14?,15+,16-,17?,22-/m1/s1. The summed E-state index contributed by atoms with van der Waals surface area (Å²) in [5.74, 6) is -0.807. The molecule has 0 spiro atoms. The Kier molecular flexibility index (Phi) is 7.21. The van der Waals surface area contributed by atoms with Crippen LogP contribution in [0.15, 0.2) is 30.1 Å². The number of aliphatic hydroxyl groups excluding tert-OH is 2. The molecular weight excluding hydrogens is 628 g/mol. The van der Waals surface area contributed by atoms with Crippen molar-refractivity contribution in [3.05, 3.63) is 35.7 Å². The molecule has 0 radical (unpaired) electrons. The predicted molar refractivity (Wildman–Crippen MR) is 146 cm³/mol. The van der Waals surface area contributed by atoms with Crippen molar-refractivity contribution in [2.75, 3.05) is 18.5 Å². The third-order valence-electron chi connectivity index (χ3n) is 8.13. The SMILES string of the molecule is Nc1ncnc2c1ncn2[C@@H]1O[C@@H]2CCP(=O)(O)O[C@H]3C(O)[C@@H](COP(=O)(O)OC2[C@@H]1O)C[C@H]3n1cnc2c(=O)[nH]cnc21. The highest BCUT2D eigenvalue weighted by Gasteiger charge is 2.52. The zero-order valence-electron chi connectivity index (χ0n) is 22.5. The van der Waals surface area contributed by atoms with Gasteiger partial charge in [-0.3, -0.25) is 23.0 Å². The van der Waals surface area contributed by atoms with Crippen molar-refractivity contribution >= 4 is 43.6 Å². The molecule has 6 heterocycles. The Morgan fingerprint density at radius 3 is 2.52 bits per heavy atom. The molecule has 44 heavy (non-hydrogen) atoms. The highest BCUT2D eigenvalue weighted by Crippen LogP contribution is 2.55. The Balaban J connectivity index is 1.20. The molecule has 4 aromatic heterocycles. The van der Waals surface area contributed by atoms with Crippen molar-refractivity contribution in [2.45, 2.75) is 55.6 Å². The molecule has 4 unspecified atom stereocenters. The first-order valence-electron chi connectivity index (χ1n) is 13.4. The topological polar surface area (TPSA) is 285 Å². The molecule has 7 N–H and O–H groups in total. The molecule has 0 amide bonds. The molecule has 3 fully saturated rings. The lowest BCUT2D eigenvalue weighted by molar-refractivity contribution is -0.0359. The summed E-state index contributed by atoms with van der Waals surface area (Å²) in [6, 6.07) is -0.856. The lowest BCUT2D eigenvalue weighted by Gasteiger charge is -2.27. The fourth-order valence-electron chi connectivity index (χ4n) is 6.03. The number of imidazole rings is 2. The number of hydrogen-bond acceptors (Lipinski definition) is 15. The number of hydrogen-bond donors (Lipinski definition) is 6. The summed E-state index contributed by atoms with van der Waals surface area (Å²) in [6.45, 7) is -0.526. The molecule has 20 nitrogen and oxygen atoms in total. The maximum atomic E-state index is 13.4. The number of aliphatic hydroxyl groups is 2. The molecule has 10 atom stereocenters. The second-order valence-corrected chi connectivity index (χ2v) is 14.1. The van der Waals surface area contributed by atoms with Crippen molar-refractivity contribution in [3.63, 3.8) is 0 Å². The molecule has 2 aliphatic heterocycles. The van der Waals surface area contributed by atoms with Crippen molar-refractivity contribution in [3.8, 4) is 0 Å². The van der Waals surface area contributed by atoms with Crippen LogP contribution < -0.4 is 11.3 Å². The first-order valence-corrected chi connectivity index (χ1v) is 16.7. The summed E-state index contributed by atoms with van der Waals surface area (Å²) < 4.78 is 51.7. The fraction of sp³-hybridized carbons (Fsp3) is 0.545. The largest absolute Gasteiger partial charge is 0.472 e. The molecule has 22 heteroatoms. The van der Waals surface area contributed by atoms with Crippen LogP contribution >= 0.6 is 15.4 Å². The quantitative estimate of drug-likeness (QED) is 0.144. The minimum Gasteiger partial charge on any atom is -0.390 e. The van der Waals surface area contributed by atoms with Crippen LogP contribution in [-0.2, 0) is 27.4 Å².